The minimum absolute atomic E-state index is 0.0384. The third-order valence-corrected chi connectivity index (χ3v) is 5.78. The van der Waals surface area contributed by atoms with Crippen molar-refractivity contribution in [3.05, 3.63) is 18.0 Å². The molecule has 2 atom stereocenters. The molecule has 0 amide bonds. The molecule has 2 heterocycles. The Hall–Kier alpha value is -1.38. The number of β-amino-alcohol motifs (C(OH)–C–C–N with tert-alkyl or cyclic N) is 1. The first-order valence-electron chi connectivity index (χ1n) is 6.89. The molecule has 1 aliphatic rings. The summed E-state index contributed by atoms with van der Waals surface area (Å²) in [6.45, 7) is 4.38. The molecular formula is C13H20N2O5S. The molecule has 7 nitrogen and oxygen atoms in total. The van der Waals surface area contributed by atoms with Gasteiger partial charge in [0.05, 0.1) is 6.10 Å². The lowest BCUT2D eigenvalue weighted by Gasteiger charge is -2.33. The predicted octanol–water partition coefficient (Wildman–Crippen LogP) is 0.598. The van der Waals surface area contributed by atoms with Gasteiger partial charge < -0.3 is 14.8 Å². The second-order valence-electron chi connectivity index (χ2n) is 5.35. The highest BCUT2D eigenvalue weighted by Crippen LogP contribution is 2.25. The maximum absolute atomic E-state index is 12.6. The Morgan fingerprint density at radius 3 is 2.62 bits per heavy atom. The SMILES string of the molecule is CCn1cc(S(=O)(=O)N2CCC(C)C(O)C2)cc1C(=O)O. The molecule has 0 aliphatic carbocycles. The summed E-state index contributed by atoms with van der Waals surface area (Å²) in [6, 6.07) is 1.17. The van der Waals surface area contributed by atoms with Gasteiger partial charge in [-0.25, -0.2) is 13.2 Å². The molecule has 0 aromatic carbocycles. The number of aliphatic hydroxyl groups excluding tert-OH is 1. The van der Waals surface area contributed by atoms with E-state index in [0.29, 0.717) is 19.5 Å². The fourth-order valence-electron chi connectivity index (χ4n) is 2.45. The van der Waals surface area contributed by atoms with Crippen molar-refractivity contribution in [2.75, 3.05) is 13.1 Å². The first kappa shape index (κ1) is 16.0. The highest BCUT2D eigenvalue weighted by atomic mass is 32.2. The van der Waals surface area contributed by atoms with Gasteiger partial charge in [0, 0.05) is 25.8 Å². The van der Waals surface area contributed by atoms with Gasteiger partial charge in [-0.1, -0.05) is 6.92 Å². The van der Waals surface area contributed by atoms with Crippen molar-refractivity contribution >= 4 is 16.0 Å². The number of aliphatic hydroxyl groups is 1. The number of nitrogens with zero attached hydrogens (tertiary/aromatic N) is 2. The Balaban J connectivity index is 2.34. The number of sulfonamides is 1. The average molecular weight is 316 g/mol. The first-order chi connectivity index (χ1) is 9.77. The lowest BCUT2D eigenvalue weighted by atomic mass is 9.98. The molecule has 0 bridgehead atoms. The summed E-state index contributed by atoms with van der Waals surface area (Å²) in [5.41, 5.74) is -0.0537. The average Bonchev–Trinajstić information content (AvgIpc) is 2.86. The number of piperidine rings is 1. The molecule has 1 aromatic rings. The lowest BCUT2D eigenvalue weighted by Crippen LogP contribution is -2.45. The topological polar surface area (TPSA) is 99.8 Å². The molecule has 1 saturated heterocycles. The van der Waals surface area contributed by atoms with E-state index < -0.39 is 22.1 Å². The summed E-state index contributed by atoms with van der Waals surface area (Å²) >= 11 is 0. The van der Waals surface area contributed by atoms with Crippen LogP contribution < -0.4 is 0 Å². The molecule has 2 unspecified atom stereocenters. The summed E-state index contributed by atoms with van der Waals surface area (Å²) < 4.78 is 27.7. The Kier molecular flexibility index (Phi) is 4.40. The van der Waals surface area contributed by atoms with Crippen LogP contribution in [0.15, 0.2) is 17.2 Å². The van der Waals surface area contributed by atoms with Gasteiger partial charge in [0.25, 0.3) is 0 Å². The largest absolute Gasteiger partial charge is 0.477 e. The molecule has 1 aliphatic heterocycles. The molecule has 2 N–H and O–H groups in total. The summed E-state index contributed by atoms with van der Waals surface area (Å²) in [6.07, 6.45) is 1.23. The van der Waals surface area contributed by atoms with Crippen LogP contribution in [-0.2, 0) is 16.6 Å². The molecule has 1 aromatic heterocycles. The van der Waals surface area contributed by atoms with E-state index in [4.69, 9.17) is 5.11 Å². The number of carbonyl (C=O) groups is 1. The van der Waals surface area contributed by atoms with Crippen LogP contribution >= 0.6 is 0 Å². The predicted molar refractivity (Wildman–Crippen MR) is 75.6 cm³/mol. The number of carboxylic acid groups (broad SMARTS) is 1. The Bertz CT molecular complexity index is 637. The van der Waals surface area contributed by atoms with Crippen LogP contribution in [0.3, 0.4) is 0 Å². The number of aryl methyl sites for hydroxylation is 1. The molecule has 1 fully saturated rings. The van der Waals surface area contributed by atoms with Gasteiger partial charge in [0.1, 0.15) is 10.6 Å². The van der Waals surface area contributed by atoms with Gasteiger partial charge in [-0.2, -0.15) is 4.31 Å². The van der Waals surface area contributed by atoms with E-state index in [-0.39, 0.29) is 23.1 Å². The zero-order chi connectivity index (χ0) is 15.8. The van der Waals surface area contributed by atoms with E-state index in [0.717, 1.165) is 0 Å². The van der Waals surface area contributed by atoms with Crippen LogP contribution in [0.5, 0.6) is 0 Å². The molecule has 0 saturated carbocycles. The van der Waals surface area contributed by atoms with Crippen molar-refractivity contribution in [2.45, 2.75) is 37.8 Å². The van der Waals surface area contributed by atoms with Crippen LogP contribution in [0, 0.1) is 5.92 Å². The fraction of sp³-hybridized carbons (Fsp3) is 0.615. The fourth-order valence-corrected chi connectivity index (χ4v) is 3.97. The van der Waals surface area contributed by atoms with E-state index in [2.05, 4.69) is 0 Å². The molecule has 118 valence electrons. The molecule has 8 heteroatoms. The molecule has 0 radical (unpaired) electrons. The highest BCUT2D eigenvalue weighted by molar-refractivity contribution is 7.89. The van der Waals surface area contributed by atoms with Crippen molar-refractivity contribution < 1.29 is 23.4 Å². The Labute approximate surface area is 123 Å². The first-order valence-corrected chi connectivity index (χ1v) is 8.33. The zero-order valence-corrected chi connectivity index (χ0v) is 12.9. The van der Waals surface area contributed by atoms with Crippen LogP contribution in [0.4, 0.5) is 0 Å². The Morgan fingerprint density at radius 1 is 1.48 bits per heavy atom. The molecule has 21 heavy (non-hydrogen) atoms. The standard InChI is InChI=1S/C13H20N2O5S/c1-3-14-7-10(6-11(14)13(17)18)21(19,20)15-5-4-9(2)12(16)8-15/h6-7,9,12,16H,3-5,8H2,1-2H3,(H,17,18). The van der Waals surface area contributed by atoms with Crippen molar-refractivity contribution in [2.24, 2.45) is 5.92 Å². The number of aromatic nitrogens is 1. The number of hydrogen-bond acceptors (Lipinski definition) is 4. The summed E-state index contributed by atoms with van der Waals surface area (Å²) in [5, 5.41) is 18.9. The van der Waals surface area contributed by atoms with Crippen LogP contribution in [0.1, 0.15) is 30.8 Å². The minimum atomic E-state index is -3.77. The second-order valence-corrected chi connectivity index (χ2v) is 7.29. The third kappa shape index (κ3) is 2.97. The minimum Gasteiger partial charge on any atom is -0.477 e. The number of aromatic carboxylic acids is 1. The van der Waals surface area contributed by atoms with Crippen molar-refractivity contribution in [1.29, 1.82) is 0 Å². The quantitative estimate of drug-likeness (QED) is 0.847. The smallest absolute Gasteiger partial charge is 0.352 e. The third-order valence-electron chi connectivity index (χ3n) is 3.95. The molecule has 0 spiro atoms. The summed E-state index contributed by atoms with van der Waals surface area (Å²) in [4.78, 5) is 11.1. The zero-order valence-electron chi connectivity index (χ0n) is 12.1. The van der Waals surface area contributed by atoms with Crippen LogP contribution in [-0.4, -0.2) is 52.7 Å². The summed E-state index contributed by atoms with van der Waals surface area (Å²) in [7, 11) is -3.77. The maximum atomic E-state index is 12.6. The lowest BCUT2D eigenvalue weighted by molar-refractivity contribution is 0.0605. The van der Waals surface area contributed by atoms with E-state index >= 15 is 0 Å². The van der Waals surface area contributed by atoms with Gasteiger partial charge in [-0.3, -0.25) is 0 Å². The van der Waals surface area contributed by atoms with E-state index in [9.17, 15) is 18.3 Å². The monoisotopic (exact) mass is 316 g/mol. The van der Waals surface area contributed by atoms with Gasteiger partial charge in [0.15, 0.2) is 0 Å². The van der Waals surface area contributed by atoms with Gasteiger partial charge in [-0.15, -0.1) is 0 Å². The number of hydrogen-bond donors (Lipinski definition) is 2. The van der Waals surface area contributed by atoms with E-state index in [1.165, 1.54) is 21.1 Å². The Morgan fingerprint density at radius 2 is 2.14 bits per heavy atom. The van der Waals surface area contributed by atoms with E-state index in [1.54, 1.807) is 6.92 Å². The summed E-state index contributed by atoms with van der Waals surface area (Å²) in [5.74, 6) is -1.10. The van der Waals surface area contributed by atoms with Crippen LogP contribution in [0.2, 0.25) is 0 Å². The maximum Gasteiger partial charge on any atom is 0.352 e. The van der Waals surface area contributed by atoms with E-state index in [1.807, 2.05) is 6.92 Å². The van der Waals surface area contributed by atoms with Crippen LogP contribution in [0.25, 0.3) is 0 Å². The van der Waals surface area contributed by atoms with Gasteiger partial charge in [-0.05, 0) is 25.3 Å². The number of rotatable bonds is 4. The normalized spacial score (nSPS) is 24.1. The van der Waals surface area contributed by atoms with Crippen molar-refractivity contribution in [3.63, 3.8) is 0 Å². The van der Waals surface area contributed by atoms with Gasteiger partial charge in [0.2, 0.25) is 10.0 Å². The molecular weight excluding hydrogens is 296 g/mol. The van der Waals surface area contributed by atoms with Crippen molar-refractivity contribution in [3.8, 4) is 0 Å². The molecule has 2 rings (SSSR count). The second kappa shape index (κ2) is 5.78. The van der Waals surface area contributed by atoms with Gasteiger partial charge >= 0.3 is 5.97 Å². The van der Waals surface area contributed by atoms with Crippen molar-refractivity contribution in [1.82, 2.24) is 8.87 Å². The highest BCUT2D eigenvalue weighted by Gasteiger charge is 2.34. The number of carboxylic acids is 1.